The Morgan fingerprint density at radius 2 is 2.26 bits per heavy atom. The van der Waals surface area contributed by atoms with Crippen molar-refractivity contribution in [2.24, 2.45) is 0 Å². The molecule has 3 aromatic rings. The minimum atomic E-state index is 0.0104. The third-order valence-corrected chi connectivity index (χ3v) is 5.91. The van der Waals surface area contributed by atoms with E-state index in [4.69, 9.17) is 0 Å². The summed E-state index contributed by atoms with van der Waals surface area (Å²) in [5.74, 6) is 0.0104. The number of hydrogen-bond acceptors (Lipinski definition) is 6. The first kappa shape index (κ1) is 14.5. The Morgan fingerprint density at radius 3 is 3.13 bits per heavy atom. The smallest absolute Gasteiger partial charge is 0.222 e. The van der Waals surface area contributed by atoms with E-state index in [1.54, 1.807) is 23.7 Å². The van der Waals surface area contributed by atoms with Crippen LogP contribution in [-0.2, 0) is 6.42 Å². The van der Waals surface area contributed by atoms with Crippen LogP contribution in [0.3, 0.4) is 0 Å². The Morgan fingerprint density at radius 1 is 1.30 bits per heavy atom. The van der Waals surface area contributed by atoms with Crippen LogP contribution in [0.1, 0.15) is 33.1 Å². The van der Waals surface area contributed by atoms with Gasteiger partial charge in [0.1, 0.15) is 10.7 Å². The van der Waals surface area contributed by atoms with E-state index in [1.165, 1.54) is 29.1 Å². The van der Waals surface area contributed by atoms with E-state index in [9.17, 15) is 4.79 Å². The number of ketones is 1. The summed E-state index contributed by atoms with van der Waals surface area (Å²) in [6.45, 7) is 0.985. The molecule has 0 spiro atoms. The van der Waals surface area contributed by atoms with Crippen molar-refractivity contribution in [3.8, 4) is 10.6 Å². The number of pyridine rings is 1. The number of rotatable bonds is 3. The van der Waals surface area contributed by atoms with Crippen LogP contribution in [0.2, 0.25) is 0 Å². The summed E-state index contributed by atoms with van der Waals surface area (Å²) in [6, 6.07) is 5.81. The SMILES string of the molecule is O=C(c1csc(-c2cccnc2)n1)c1cc2c(s1)CCCCN2. The number of nitrogens with one attached hydrogen (secondary N) is 1. The lowest BCUT2D eigenvalue weighted by atomic mass is 10.2. The molecule has 0 amide bonds. The molecule has 23 heavy (non-hydrogen) atoms. The van der Waals surface area contributed by atoms with Gasteiger partial charge in [0.2, 0.25) is 5.78 Å². The molecular formula is C17H15N3OS2. The molecule has 3 aromatic heterocycles. The van der Waals surface area contributed by atoms with E-state index in [-0.39, 0.29) is 5.78 Å². The van der Waals surface area contributed by atoms with E-state index < -0.39 is 0 Å². The van der Waals surface area contributed by atoms with Gasteiger partial charge in [0, 0.05) is 40.4 Å². The van der Waals surface area contributed by atoms with Crippen molar-refractivity contribution in [3.63, 3.8) is 0 Å². The van der Waals surface area contributed by atoms with Crippen LogP contribution in [0, 0.1) is 0 Å². The molecule has 1 aliphatic heterocycles. The second kappa shape index (κ2) is 6.22. The Balaban J connectivity index is 1.61. The van der Waals surface area contributed by atoms with Gasteiger partial charge >= 0.3 is 0 Å². The zero-order valence-electron chi connectivity index (χ0n) is 12.4. The largest absolute Gasteiger partial charge is 0.384 e. The van der Waals surface area contributed by atoms with Crippen LogP contribution in [0.5, 0.6) is 0 Å². The average molecular weight is 341 g/mol. The maximum atomic E-state index is 12.7. The molecule has 0 atom stereocenters. The van der Waals surface area contributed by atoms with Crippen LogP contribution in [0.25, 0.3) is 10.6 Å². The summed E-state index contributed by atoms with van der Waals surface area (Å²) in [4.78, 5) is 23.4. The third-order valence-electron chi connectivity index (χ3n) is 3.82. The van der Waals surface area contributed by atoms with Crippen LogP contribution < -0.4 is 5.32 Å². The highest BCUT2D eigenvalue weighted by atomic mass is 32.1. The fourth-order valence-electron chi connectivity index (χ4n) is 2.64. The molecule has 1 aliphatic rings. The topological polar surface area (TPSA) is 54.9 Å². The average Bonchev–Trinajstić information content (AvgIpc) is 3.18. The zero-order valence-corrected chi connectivity index (χ0v) is 14.0. The highest BCUT2D eigenvalue weighted by Gasteiger charge is 2.20. The molecule has 6 heteroatoms. The van der Waals surface area contributed by atoms with Crippen molar-refractivity contribution in [2.45, 2.75) is 19.3 Å². The fraction of sp³-hybridized carbons (Fsp3) is 0.235. The Kier molecular flexibility index (Phi) is 3.93. The summed E-state index contributed by atoms with van der Waals surface area (Å²) in [7, 11) is 0. The maximum absolute atomic E-state index is 12.7. The van der Waals surface area contributed by atoms with Crippen LogP contribution >= 0.6 is 22.7 Å². The number of fused-ring (bicyclic) bond motifs is 1. The molecule has 0 bridgehead atoms. The molecule has 4 nitrogen and oxygen atoms in total. The molecule has 4 heterocycles. The Labute approximate surface area is 142 Å². The molecule has 0 unspecified atom stereocenters. The Hall–Kier alpha value is -2.05. The summed E-state index contributed by atoms with van der Waals surface area (Å²) in [5, 5.41) is 6.08. The van der Waals surface area contributed by atoms with Crippen LogP contribution in [0.4, 0.5) is 5.69 Å². The molecule has 4 rings (SSSR count). The molecule has 1 N–H and O–H groups in total. The number of thiazole rings is 1. The number of carbonyl (C=O) groups is 1. The van der Waals surface area contributed by atoms with Crippen molar-refractivity contribution in [2.75, 3.05) is 11.9 Å². The summed E-state index contributed by atoms with van der Waals surface area (Å²) in [6.07, 6.45) is 6.92. The highest BCUT2D eigenvalue weighted by molar-refractivity contribution is 7.15. The number of aromatic nitrogens is 2. The number of anilines is 1. The quantitative estimate of drug-likeness (QED) is 0.724. The van der Waals surface area contributed by atoms with E-state index in [0.717, 1.165) is 34.1 Å². The minimum absolute atomic E-state index is 0.0104. The molecule has 116 valence electrons. The van der Waals surface area contributed by atoms with Gasteiger partial charge in [0.25, 0.3) is 0 Å². The first-order valence-electron chi connectivity index (χ1n) is 7.58. The van der Waals surface area contributed by atoms with E-state index in [0.29, 0.717) is 5.69 Å². The number of nitrogens with zero attached hydrogens (tertiary/aromatic N) is 2. The first-order valence-corrected chi connectivity index (χ1v) is 9.28. The standard InChI is InChI=1S/C17H15N3OS2/c21-16(15-8-12-14(23-15)5-1-2-7-19-12)13-10-22-17(20-13)11-4-3-6-18-9-11/h3-4,6,8-10,19H,1-2,5,7H2. The molecule has 0 aliphatic carbocycles. The van der Waals surface area contributed by atoms with Crippen molar-refractivity contribution in [3.05, 3.63) is 51.4 Å². The number of thiophene rings is 1. The predicted molar refractivity (Wildman–Crippen MR) is 94.5 cm³/mol. The van der Waals surface area contributed by atoms with Crippen molar-refractivity contribution in [1.29, 1.82) is 0 Å². The van der Waals surface area contributed by atoms with Gasteiger partial charge in [-0.1, -0.05) is 0 Å². The summed E-state index contributed by atoms with van der Waals surface area (Å²) in [5.41, 5.74) is 2.59. The van der Waals surface area contributed by atoms with Crippen molar-refractivity contribution >= 4 is 34.1 Å². The lowest BCUT2D eigenvalue weighted by Crippen LogP contribution is -2.00. The van der Waals surface area contributed by atoms with Gasteiger partial charge < -0.3 is 5.32 Å². The monoisotopic (exact) mass is 341 g/mol. The second-order valence-corrected chi connectivity index (χ2v) is 7.43. The van der Waals surface area contributed by atoms with Crippen molar-refractivity contribution in [1.82, 2.24) is 9.97 Å². The lowest BCUT2D eigenvalue weighted by molar-refractivity contribution is 0.103. The molecule has 0 radical (unpaired) electrons. The Bertz CT molecular complexity index is 815. The maximum Gasteiger partial charge on any atom is 0.222 e. The molecule has 0 saturated carbocycles. The molecule has 0 saturated heterocycles. The third kappa shape index (κ3) is 2.92. The van der Waals surface area contributed by atoms with Gasteiger partial charge in [-0.15, -0.1) is 22.7 Å². The van der Waals surface area contributed by atoms with Gasteiger partial charge in [-0.25, -0.2) is 4.98 Å². The van der Waals surface area contributed by atoms with Gasteiger partial charge in [-0.3, -0.25) is 9.78 Å². The predicted octanol–water partition coefficient (Wildman–Crippen LogP) is 4.25. The van der Waals surface area contributed by atoms with E-state index >= 15 is 0 Å². The van der Waals surface area contributed by atoms with Gasteiger partial charge in [0.05, 0.1) is 4.88 Å². The normalized spacial score (nSPS) is 13.9. The summed E-state index contributed by atoms with van der Waals surface area (Å²) >= 11 is 3.08. The number of aryl methyl sites for hydroxylation is 1. The first-order chi connectivity index (χ1) is 11.3. The van der Waals surface area contributed by atoms with Crippen molar-refractivity contribution < 1.29 is 4.79 Å². The molecule has 0 fully saturated rings. The van der Waals surface area contributed by atoms with Crippen LogP contribution in [0.15, 0.2) is 36.0 Å². The van der Waals surface area contributed by atoms with E-state index in [2.05, 4.69) is 15.3 Å². The number of hydrogen-bond donors (Lipinski definition) is 1. The minimum Gasteiger partial charge on any atom is -0.384 e. The van der Waals surface area contributed by atoms with Gasteiger partial charge in [-0.05, 0) is 37.5 Å². The van der Waals surface area contributed by atoms with Gasteiger partial charge in [-0.2, -0.15) is 0 Å². The van der Waals surface area contributed by atoms with Gasteiger partial charge in [0.15, 0.2) is 0 Å². The summed E-state index contributed by atoms with van der Waals surface area (Å²) < 4.78 is 0. The zero-order chi connectivity index (χ0) is 15.6. The fourth-order valence-corrected chi connectivity index (χ4v) is 4.55. The highest BCUT2D eigenvalue weighted by Crippen LogP contribution is 2.33. The lowest BCUT2D eigenvalue weighted by Gasteiger charge is -1.98. The molecular weight excluding hydrogens is 326 g/mol. The van der Waals surface area contributed by atoms with Crippen LogP contribution in [-0.4, -0.2) is 22.3 Å². The second-order valence-electron chi connectivity index (χ2n) is 5.44. The van der Waals surface area contributed by atoms with E-state index in [1.807, 2.05) is 23.6 Å². The molecule has 0 aromatic carbocycles. The number of carbonyl (C=O) groups excluding carboxylic acids is 1.